The van der Waals surface area contributed by atoms with Crippen LogP contribution in [0.25, 0.3) is 0 Å². The van der Waals surface area contributed by atoms with Gasteiger partial charge in [-0.05, 0) is 37.7 Å². The van der Waals surface area contributed by atoms with E-state index in [1.165, 1.54) is 24.8 Å². The molecule has 1 saturated carbocycles. The Morgan fingerprint density at radius 1 is 1.33 bits per heavy atom. The van der Waals surface area contributed by atoms with Gasteiger partial charge in [0, 0.05) is 25.6 Å². The highest BCUT2D eigenvalue weighted by molar-refractivity contribution is 5.85. The summed E-state index contributed by atoms with van der Waals surface area (Å²) in [5.41, 5.74) is 6.97. The van der Waals surface area contributed by atoms with Gasteiger partial charge in [0.2, 0.25) is 5.91 Å². The molecule has 2 N–H and O–H groups in total. The van der Waals surface area contributed by atoms with Crippen LogP contribution in [0.3, 0.4) is 0 Å². The van der Waals surface area contributed by atoms with Gasteiger partial charge in [-0.3, -0.25) is 4.79 Å². The molecule has 1 aliphatic carbocycles. The van der Waals surface area contributed by atoms with E-state index < -0.39 is 0 Å². The molecule has 3 nitrogen and oxygen atoms in total. The Morgan fingerprint density at radius 3 is 2.52 bits per heavy atom. The molecule has 1 unspecified atom stereocenters. The van der Waals surface area contributed by atoms with Crippen molar-refractivity contribution >= 4 is 18.3 Å². The number of hydrogen-bond donors (Lipinski definition) is 1. The maximum Gasteiger partial charge on any atom is 0.222 e. The van der Waals surface area contributed by atoms with Gasteiger partial charge in [-0.2, -0.15) is 0 Å². The van der Waals surface area contributed by atoms with Crippen molar-refractivity contribution < 1.29 is 4.79 Å². The summed E-state index contributed by atoms with van der Waals surface area (Å²) in [5.74, 6) is 0.955. The lowest BCUT2D eigenvalue weighted by molar-refractivity contribution is -0.133. The predicted molar refractivity (Wildman–Crippen MR) is 89.3 cm³/mol. The topological polar surface area (TPSA) is 46.3 Å². The van der Waals surface area contributed by atoms with Gasteiger partial charge in [-0.15, -0.1) is 12.4 Å². The van der Waals surface area contributed by atoms with Gasteiger partial charge in [0.15, 0.2) is 0 Å². The molecule has 118 valence electrons. The van der Waals surface area contributed by atoms with Crippen LogP contribution in [0.2, 0.25) is 0 Å². The monoisotopic (exact) mass is 310 g/mol. The fourth-order valence-corrected chi connectivity index (χ4v) is 2.55. The second-order valence-corrected chi connectivity index (χ2v) is 6.07. The molecule has 1 amide bonds. The number of nitrogens with zero attached hydrogens (tertiary/aromatic N) is 1. The molecule has 0 bridgehead atoms. The standard InChI is InChI=1S/C17H26N2O.ClH/c1-14(18)10-11-17(20)19(13-16-8-5-9-16)12-15-6-3-2-4-7-15;/h2-4,6-7,14,16H,5,8-13,18H2,1H3;1H. The van der Waals surface area contributed by atoms with Gasteiger partial charge >= 0.3 is 0 Å². The van der Waals surface area contributed by atoms with E-state index in [2.05, 4.69) is 12.1 Å². The van der Waals surface area contributed by atoms with Crippen LogP contribution in [0, 0.1) is 5.92 Å². The van der Waals surface area contributed by atoms with E-state index in [1.54, 1.807) is 0 Å². The first-order valence-electron chi connectivity index (χ1n) is 7.72. The number of rotatable bonds is 7. The average molecular weight is 311 g/mol. The minimum absolute atomic E-state index is 0. The quantitative estimate of drug-likeness (QED) is 0.839. The molecule has 1 aromatic carbocycles. The Hall–Kier alpha value is -1.06. The molecule has 0 saturated heterocycles. The number of hydrogen-bond acceptors (Lipinski definition) is 2. The largest absolute Gasteiger partial charge is 0.338 e. The number of carbonyl (C=O) groups excluding carboxylic acids is 1. The van der Waals surface area contributed by atoms with E-state index >= 15 is 0 Å². The van der Waals surface area contributed by atoms with Gasteiger partial charge < -0.3 is 10.6 Å². The minimum atomic E-state index is 0. The molecule has 1 fully saturated rings. The van der Waals surface area contributed by atoms with Crippen LogP contribution in [-0.4, -0.2) is 23.4 Å². The predicted octanol–water partition coefficient (Wildman–Crippen LogP) is 3.36. The molecule has 4 heteroatoms. The normalized spacial score (nSPS) is 15.7. The molecular formula is C17H27ClN2O. The first-order chi connectivity index (χ1) is 9.65. The van der Waals surface area contributed by atoms with Crippen molar-refractivity contribution in [1.29, 1.82) is 0 Å². The molecule has 1 atom stereocenters. The molecule has 0 heterocycles. The summed E-state index contributed by atoms with van der Waals surface area (Å²) in [6, 6.07) is 10.4. The lowest BCUT2D eigenvalue weighted by atomic mass is 9.85. The van der Waals surface area contributed by atoms with Crippen LogP contribution in [0.5, 0.6) is 0 Å². The molecule has 2 rings (SSSR count). The second kappa shape index (κ2) is 9.06. The third kappa shape index (κ3) is 6.06. The van der Waals surface area contributed by atoms with Crippen LogP contribution in [0.1, 0.15) is 44.6 Å². The first-order valence-corrected chi connectivity index (χ1v) is 7.72. The molecule has 0 aliphatic heterocycles. The highest BCUT2D eigenvalue weighted by atomic mass is 35.5. The Labute approximate surface area is 134 Å². The highest BCUT2D eigenvalue weighted by Crippen LogP contribution is 2.28. The van der Waals surface area contributed by atoms with Crippen molar-refractivity contribution in [2.75, 3.05) is 6.54 Å². The Balaban J connectivity index is 0.00000220. The summed E-state index contributed by atoms with van der Waals surface area (Å²) in [7, 11) is 0. The van der Waals surface area contributed by atoms with Crippen molar-refractivity contribution in [2.24, 2.45) is 11.7 Å². The Kier molecular flexibility index (Phi) is 7.76. The molecule has 0 spiro atoms. The molecule has 1 aromatic rings. The number of carbonyl (C=O) groups is 1. The maximum atomic E-state index is 12.4. The zero-order valence-corrected chi connectivity index (χ0v) is 13.6. The zero-order valence-electron chi connectivity index (χ0n) is 12.8. The summed E-state index contributed by atoms with van der Waals surface area (Å²) in [5, 5.41) is 0. The first kappa shape index (κ1) is 18.0. The fourth-order valence-electron chi connectivity index (χ4n) is 2.55. The molecule has 0 radical (unpaired) electrons. The van der Waals surface area contributed by atoms with E-state index in [0.717, 1.165) is 19.5 Å². The van der Waals surface area contributed by atoms with Gasteiger partial charge in [0.1, 0.15) is 0 Å². The van der Waals surface area contributed by atoms with Gasteiger partial charge in [0.05, 0.1) is 0 Å². The fraction of sp³-hybridized carbons (Fsp3) is 0.588. The molecule has 0 aromatic heterocycles. The minimum Gasteiger partial charge on any atom is -0.338 e. The number of amides is 1. The van der Waals surface area contributed by atoms with E-state index in [9.17, 15) is 4.79 Å². The number of halogens is 1. The summed E-state index contributed by atoms with van der Waals surface area (Å²) in [6.45, 7) is 3.60. The summed E-state index contributed by atoms with van der Waals surface area (Å²) in [6.07, 6.45) is 5.20. The molecule has 1 aliphatic rings. The molecular weight excluding hydrogens is 284 g/mol. The van der Waals surface area contributed by atoms with E-state index in [1.807, 2.05) is 30.0 Å². The number of nitrogens with two attached hydrogens (primary N) is 1. The van der Waals surface area contributed by atoms with E-state index in [4.69, 9.17) is 5.73 Å². The lowest BCUT2D eigenvalue weighted by Crippen LogP contribution is -2.37. The smallest absolute Gasteiger partial charge is 0.222 e. The summed E-state index contributed by atoms with van der Waals surface area (Å²) >= 11 is 0. The lowest BCUT2D eigenvalue weighted by Gasteiger charge is -2.32. The second-order valence-electron chi connectivity index (χ2n) is 6.07. The molecule has 21 heavy (non-hydrogen) atoms. The van der Waals surface area contributed by atoms with Crippen LogP contribution in [0.4, 0.5) is 0 Å². The van der Waals surface area contributed by atoms with Crippen molar-refractivity contribution in [2.45, 2.75) is 51.6 Å². The number of benzene rings is 1. The Bertz CT molecular complexity index is 418. The van der Waals surface area contributed by atoms with Crippen LogP contribution in [0.15, 0.2) is 30.3 Å². The Morgan fingerprint density at radius 2 is 2.00 bits per heavy atom. The summed E-state index contributed by atoms with van der Waals surface area (Å²) in [4.78, 5) is 14.4. The van der Waals surface area contributed by atoms with E-state index in [-0.39, 0.29) is 24.4 Å². The van der Waals surface area contributed by atoms with Crippen LogP contribution in [-0.2, 0) is 11.3 Å². The van der Waals surface area contributed by atoms with Crippen molar-refractivity contribution in [3.8, 4) is 0 Å². The van der Waals surface area contributed by atoms with Crippen molar-refractivity contribution in [3.05, 3.63) is 35.9 Å². The third-order valence-corrected chi connectivity index (χ3v) is 4.09. The third-order valence-electron chi connectivity index (χ3n) is 4.09. The average Bonchev–Trinajstić information content (AvgIpc) is 2.39. The summed E-state index contributed by atoms with van der Waals surface area (Å²) < 4.78 is 0. The van der Waals surface area contributed by atoms with E-state index in [0.29, 0.717) is 12.3 Å². The van der Waals surface area contributed by atoms with Gasteiger partial charge in [0.25, 0.3) is 0 Å². The van der Waals surface area contributed by atoms with Gasteiger partial charge in [-0.25, -0.2) is 0 Å². The van der Waals surface area contributed by atoms with Crippen LogP contribution < -0.4 is 5.73 Å². The van der Waals surface area contributed by atoms with Crippen LogP contribution >= 0.6 is 12.4 Å². The van der Waals surface area contributed by atoms with Crippen molar-refractivity contribution in [1.82, 2.24) is 4.90 Å². The van der Waals surface area contributed by atoms with Gasteiger partial charge in [-0.1, -0.05) is 36.8 Å². The SMILES string of the molecule is CC(N)CCC(=O)N(Cc1ccccc1)CC1CCC1.Cl. The highest BCUT2D eigenvalue weighted by Gasteiger charge is 2.23. The van der Waals surface area contributed by atoms with Crippen molar-refractivity contribution in [3.63, 3.8) is 0 Å². The maximum absolute atomic E-state index is 12.4. The zero-order chi connectivity index (χ0) is 14.4.